The van der Waals surface area contributed by atoms with Crippen LogP contribution < -0.4 is 10.6 Å². The molecule has 0 aliphatic heterocycles. The molecule has 0 bridgehead atoms. The molecule has 3 nitrogen and oxygen atoms in total. The largest absolute Gasteiger partial charge is 0.373 e. The van der Waals surface area contributed by atoms with Crippen molar-refractivity contribution < 1.29 is 0 Å². The van der Waals surface area contributed by atoms with Crippen molar-refractivity contribution in [2.24, 2.45) is 5.73 Å². The van der Waals surface area contributed by atoms with Gasteiger partial charge in [0.2, 0.25) is 0 Å². The van der Waals surface area contributed by atoms with Crippen LogP contribution in [0.15, 0.2) is 24.3 Å². The van der Waals surface area contributed by atoms with Gasteiger partial charge >= 0.3 is 0 Å². The lowest BCUT2D eigenvalue weighted by molar-refractivity contribution is 0.416. The normalized spacial score (nSPS) is 12.8. The van der Waals surface area contributed by atoms with E-state index in [1.807, 2.05) is 0 Å². The molecule has 0 fully saturated rings. The van der Waals surface area contributed by atoms with Crippen LogP contribution in [0.5, 0.6) is 0 Å². The van der Waals surface area contributed by atoms with Crippen LogP contribution in [0.4, 0.5) is 5.69 Å². The van der Waals surface area contributed by atoms with Crippen LogP contribution in [0.2, 0.25) is 0 Å². The van der Waals surface area contributed by atoms with E-state index < -0.39 is 0 Å². The molecule has 0 radical (unpaired) electrons. The molecule has 0 amide bonds. The molecule has 1 rings (SSSR count). The van der Waals surface area contributed by atoms with Gasteiger partial charge in [-0.25, -0.2) is 0 Å². The van der Waals surface area contributed by atoms with Gasteiger partial charge in [-0.2, -0.15) is 0 Å². The molecule has 1 atom stereocenters. The maximum absolute atomic E-state index is 6.15. The van der Waals surface area contributed by atoms with Crippen molar-refractivity contribution in [3.63, 3.8) is 0 Å². The van der Waals surface area contributed by atoms with Crippen LogP contribution in [0.3, 0.4) is 0 Å². The molecule has 0 aromatic heterocycles. The second kappa shape index (κ2) is 6.62. The van der Waals surface area contributed by atoms with Crippen LogP contribution >= 0.6 is 0 Å². The third kappa shape index (κ3) is 4.02. The Bertz CT molecular complexity index is 336. The summed E-state index contributed by atoms with van der Waals surface area (Å²) in [4.78, 5) is 4.48. The first kappa shape index (κ1) is 14.0. The van der Waals surface area contributed by atoms with Crippen molar-refractivity contribution in [2.75, 3.05) is 39.1 Å². The van der Waals surface area contributed by atoms with Gasteiger partial charge in [0.15, 0.2) is 0 Å². The highest BCUT2D eigenvalue weighted by atomic mass is 15.2. The average Bonchev–Trinajstić information content (AvgIpc) is 2.34. The van der Waals surface area contributed by atoms with E-state index in [0.717, 1.165) is 19.5 Å². The summed E-state index contributed by atoms with van der Waals surface area (Å²) in [6, 6.07) is 8.56. The molecule has 3 heteroatoms. The Kier molecular flexibility index (Phi) is 5.45. The highest BCUT2D eigenvalue weighted by Crippen LogP contribution is 2.25. The molecular formula is C14H25N3. The minimum atomic E-state index is 0.132. The molecule has 1 aromatic carbocycles. The summed E-state index contributed by atoms with van der Waals surface area (Å²) in [6.07, 6.45) is 0.971. The fraction of sp³-hybridized carbons (Fsp3) is 0.571. The van der Waals surface area contributed by atoms with Gasteiger partial charge in [0.1, 0.15) is 0 Å². The standard InChI is InChI=1S/C14H25N3/c1-5-13(15)12-8-6-7-9-14(12)17(4)11-10-16(2)3/h6-9,13H,5,10-11,15H2,1-4H3/t13-/m0/s1. The molecule has 17 heavy (non-hydrogen) atoms. The molecule has 0 saturated heterocycles. The first-order chi connectivity index (χ1) is 8.06. The van der Waals surface area contributed by atoms with Gasteiger partial charge in [-0.1, -0.05) is 25.1 Å². The van der Waals surface area contributed by atoms with Gasteiger partial charge in [0.05, 0.1) is 0 Å². The lowest BCUT2D eigenvalue weighted by atomic mass is 10.0. The van der Waals surface area contributed by atoms with Crippen molar-refractivity contribution in [1.82, 2.24) is 4.90 Å². The quantitative estimate of drug-likeness (QED) is 0.819. The Morgan fingerprint density at radius 1 is 1.12 bits per heavy atom. The summed E-state index contributed by atoms with van der Waals surface area (Å²) >= 11 is 0. The lowest BCUT2D eigenvalue weighted by Crippen LogP contribution is -2.29. The van der Waals surface area contributed by atoms with E-state index in [0.29, 0.717) is 0 Å². The maximum atomic E-state index is 6.15. The first-order valence-corrected chi connectivity index (χ1v) is 6.26. The predicted octanol–water partition coefficient (Wildman–Crippen LogP) is 2.09. The van der Waals surface area contributed by atoms with Crippen molar-refractivity contribution in [2.45, 2.75) is 19.4 Å². The molecule has 96 valence electrons. The molecule has 0 aliphatic rings. The summed E-state index contributed by atoms with van der Waals surface area (Å²) in [5, 5.41) is 0. The van der Waals surface area contributed by atoms with Gasteiger partial charge in [-0.3, -0.25) is 0 Å². The Morgan fingerprint density at radius 2 is 1.76 bits per heavy atom. The third-order valence-electron chi connectivity index (χ3n) is 3.07. The molecule has 0 aliphatic carbocycles. The average molecular weight is 235 g/mol. The van der Waals surface area contributed by atoms with Crippen molar-refractivity contribution in [1.29, 1.82) is 0 Å². The number of rotatable bonds is 6. The monoisotopic (exact) mass is 235 g/mol. The maximum Gasteiger partial charge on any atom is 0.0412 e. The first-order valence-electron chi connectivity index (χ1n) is 6.26. The van der Waals surface area contributed by atoms with E-state index in [1.54, 1.807) is 0 Å². The minimum absolute atomic E-state index is 0.132. The molecule has 2 N–H and O–H groups in total. The molecule has 0 saturated carbocycles. The van der Waals surface area contributed by atoms with Gasteiger partial charge in [0, 0.05) is 31.9 Å². The van der Waals surface area contributed by atoms with E-state index in [4.69, 9.17) is 5.73 Å². The zero-order chi connectivity index (χ0) is 12.8. The summed E-state index contributed by atoms with van der Waals surface area (Å²) in [7, 11) is 6.32. The van der Waals surface area contributed by atoms with Gasteiger partial charge in [-0.05, 0) is 32.1 Å². The van der Waals surface area contributed by atoms with Crippen LogP contribution in [0.1, 0.15) is 24.9 Å². The summed E-state index contributed by atoms with van der Waals surface area (Å²) < 4.78 is 0. The number of nitrogens with two attached hydrogens (primary N) is 1. The van der Waals surface area contributed by atoms with Crippen molar-refractivity contribution >= 4 is 5.69 Å². The number of hydrogen-bond acceptors (Lipinski definition) is 3. The second-order valence-electron chi connectivity index (χ2n) is 4.80. The predicted molar refractivity (Wildman–Crippen MR) is 75.5 cm³/mol. The fourth-order valence-electron chi connectivity index (χ4n) is 1.84. The number of likely N-dealkylation sites (N-methyl/N-ethyl adjacent to an activating group) is 2. The van der Waals surface area contributed by atoms with E-state index in [-0.39, 0.29) is 6.04 Å². The second-order valence-corrected chi connectivity index (χ2v) is 4.80. The number of para-hydroxylation sites is 1. The van der Waals surface area contributed by atoms with E-state index in [1.165, 1.54) is 11.3 Å². The van der Waals surface area contributed by atoms with E-state index in [2.05, 4.69) is 62.1 Å². The van der Waals surface area contributed by atoms with Crippen LogP contribution in [0.25, 0.3) is 0 Å². The Balaban J connectivity index is 2.81. The molecular weight excluding hydrogens is 210 g/mol. The molecule has 0 unspecified atom stereocenters. The Labute approximate surface area is 105 Å². The number of benzene rings is 1. The smallest absolute Gasteiger partial charge is 0.0412 e. The van der Waals surface area contributed by atoms with Crippen molar-refractivity contribution in [3.05, 3.63) is 29.8 Å². The fourth-order valence-corrected chi connectivity index (χ4v) is 1.84. The minimum Gasteiger partial charge on any atom is -0.373 e. The van der Waals surface area contributed by atoms with Crippen LogP contribution in [-0.4, -0.2) is 39.1 Å². The number of anilines is 1. The van der Waals surface area contributed by atoms with E-state index in [9.17, 15) is 0 Å². The Morgan fingerprint density at radius 3 is 2.35 bits per heavy atom. The summed E-state index contributed by atoms with van der Waals surface area (Å²) in [6.45, 7) is 4.19. The highest BCUT2D eigenvalue weighted by Gasteiger charge is 2.11. The van der Waals surface area contributed by atoms with E-state index >= 15 is 0 Å². The zero-order valence-corrected chi connectivity index (χ0v) is 11.5. The molecule has 1 aromatic rings. The van der Waals surface area contributed by atoms with Gasteiger partial charge in [0.25, 0.3) is 0 Å². The lowest BCUT2D eigenvalue weighted by Gasteiger charge is -2.26. The molecule has 0 spiro atoms. The van der Waals surface area contributed by atoms with Crippen LogP contribution in [-0.2, 0) is 0 Å². The number of hydrogen-bond donors (Lipinski definition) is 1. The van der Waals surface area contributed by atoms with Crippen LogP contribution in [0, 0.1) is 0 Å². The topological polar surface area (TPSA) is 32.5 Å². The van der Waals surface area contributed by atoms with Crippen molar-refractivity contribution in [3.8, 4) is 0 Å². The molecule has 0 heterocycles. The zero-order valence-electron chi connectivity index (χ0n) is 11.5. The Hall–Kier alpha value is -1.06. The summed E-state index contributed by atoms with van der Waals surface area (Å²) in [5.41, 5.74) is 8.65. The SMILES string of the molecule is CC[C@H](N)c1ccccc1N(C)CCN(C)C. The van der Waals surface area contributed by atoms with Gasteiger partial charge < -0.3 is 15.5 Å². The highest BCUT2D eigenvalue weighted by molar-refractivity contribution is 5.54. The summed E-state index contributed by atoms with van der Waals surface area (Å²) in [5.74, 6) is 0. The number of nitrogens with zero attached hydrogens (tertiary/aromatic N) is 2. The van der Waals surface area contributed by atoms with Gasteiger partial charge in [-0.15, -0.1) is 0 Å². The third-order valence-corrected chi connectivity index (χ3v) is 3.07.